The Morgan fingerprint density at radius 3 is 2.33 bits per heavy atom. The lowest BCUT2D eigenvalue weighted by Crippen LogP contribution is -2.29. The molecule has 1 amide bonds. The number of nitrogens with zero attached hydrogens (tertiary/aromatic N) is 4. The maximum atomic E-state index is 13.9. The number of thiazole rings is 1. The zero-order valence-electron chi connectivity index (χ0n) is 22.9. The number of hydrogen-bond donors (Lipinski definition) is 0. The van der Waals surface area contributed by atoms with Gasteiger partial charge in [-0.2, -0.15) is 18.3 Å². The second-order valence-corrected chi connectivity index (χ2v) is 10.6. The summed E-state index contributed by atoms with van der Waals surface area (Å²) in [4.78, 5) is 19.8. The van der Waals surface area contributed by atoms with Crippen LogP contribution in [0.2, 0.25) is 0 Å². The second-order valence-electron chi connectivity index (χ2n) is 9.63. The molecule has 0 aliphatic carbocycles. The fourth-order valence-corrected chi connectivity index (χ4v) is 5.45. The van der Waals surface area contributed by atoms with Crippen LogP contribution < -0.4 is 0 Å². The lowest BCUT2D eigenvalue weighted by atomic mass is 10.0. The molecule has 0 spiro atoms. The fraction of sp³-hybridized carbons (Fsp3) is 0.194. The maximum Gasteiger partial charge on any atom is 0.416 e. The van der Waals surface area contributed by atoms with Crippen LogP contribution in [0.5, 0.6) is 0 Å². The van der Waals surface area contributed by atoms with E-state index in [0.29, 0.717) is 51.2 Å². The number of ether oxygens (including phenoxy) is 1. The molecule has 3 aromatic carbocycles. The summed E-state index contributed by atoms with van der Waals surface area (Å²) in [7, 11) is 3.26. The molecule has 6 nitrogen and oxygen atoms in total. The number of hydrogen-bond acceptors (Lipinski definition) is 5. The zero-order valence-corrected chi connectivity index (χ0v) is 23.8. The molecule has 5 rings (SSSR count). The van der Waals surface area contributed by atoms with Gasteiger partial charge in [-0.05, 0) is 54.4 Å². The van der Waals surface area contributed by atoms with Crippen molar-refractivity contribution in [1.29, 1.82) is 0 Å². The number of aryl methyl sites for hydroxylation is 1. The van der Waals surface area contributed by atoms with Gasteiger partial charge in [0.05, 0.1) is 28.4 Å². The van der Waals surface area contributed by atoms with Crippen molar-refractivity contribution in [3.05, 3.63) is 102 Å². The van der Waals surface area contributed by atoms with Crippen molar-refractivity contribution in [3.8, 4) is 38.0 Å². The number of halogens is 4. The highest BCUT2D eigenvalue weighted by molar-refractivity contribution is 7.18. The monoisotopic (exact) mass is 594 g/mol. The number of carbonyl (C=O) groups is 1. The average Bonchev–Trinajstić information content (AvgIpc) is 3.59. The van der Waals surface area contributed by atoms with Crippen LogP contribution in [0.25, 0.3) is 38.0 Å². The number of alkyl halides is 3. The Morgan fingerprint density at radius 1 is 1.00 bits per heavy atom. The molecule has 0 fully saturated rings. The summed E-state index contributed by atoms with van der Waals surface area (Å²) >= 11 is 1.30. The van der Waals surface area contributed by atoms with Gasteiger partial charge in [-0.25, -0.2) is 14.1 Å². The van der Waals surface area contributed by atoms with E-state index in [-0.39, 0.29) is 11.7 Å². The van der Waals surface area contributed by atoms with E-state index in [9.17, 15) is 22.4 Å². The first-order valence-corrected chi connectivity index (χ1v) is 13.7. The molecule has 0 unspecified atom stereocenters. The minimum absolute atomic E-state index is 0.163. The lowest BCUT2D eigenvalue weighted by molar-refractivity contribution is -0.137. The minimum atomic E-state index is -4.47. The van der Waals surface area contributed by atoms with Gasteiger partial charge in [-0.1, -0.05) is 47.7 Å². The molecular formula is C31H26F4N4O2S. The molecule has 0 radical (unpaired) electrons. The number of amides is 1. The predicted octanol–water partition coefficient (Wildman–Crippen LogP) is 7.51. The van der Waals surface area contributed by atoms with Crippen molar-refractivity contribution >= 4 is 17.2 Å². The van der Waals surface area contributed by atoms with Crippen molar-refractivity contribution in [2.75, 3.05) is 27.3 Å². The molecular weight excluding hydrogens is 568 g/mol. The van der Waals surface area contributed by atoms with Crippen LogP contribution in [0.4, 0.5) is 17.6 Å². The van der Waals surface area contributed by atoms with Crippen LogP contribution in [0, 0.1) is 12.7 Å². The van der Waals surface area contributed by atoms with Crippen molar-refractivity contribution in [2.45, 2.75) is 13.1 Å². The van der Waals surface area contributed by atoms with E-state index in [1.807, 2.05) is 0 Å². The van der Waals surface area contributed by atoms with Gasteiger partial charge in [0, 0.05) is 43.6 Å². The Hall–Kier alpha value is -4.35. The van der Waals surface area contributed by atoms with Gasteiger partial charge in [0.1, 0.15) is 5.82 Å². The summed E-state index contributed by atoms with van der Waals surface area (Å²) in [6, 6.07) is 18.0. The molecule has 5 aromatic rings. The van der Waals surface area contributed by atoms with Gasteiger partial charge in [0.15, 0.2) is 0 Å². The summed E-state index contributed by atoms with van der Waals surface area (Å²) in [5.74, 6) is -0.531. The predicted molar refractivity (Wildman–Crippen MR) is 154 cm³/mol. The summed E-state index contributed by atoms with van der Waals surface area (Å²) in [5, 5.41) is 5.07. The fourth-order valence-electron chi connectivity index (χ4n) is 4.43. The highest BCUT2D eigenvalue weighted by Gasteiger charge is 2.30. The molecule has 0 saturated carbocycles. The Balaban J connectivity index is 1.56. The first-order valence-electron chi connectivity index (χ1n) is 12.9. The zero-order chi connectivity index (χ0) is 30.0. The van der Waals surface area contributed by atoms with Crippen LogP contribution in [-0.2, 0) is 10.9 Å². The molecule has 0 atom stereocenters. The van der Waals surface area contributed by atoms with E-state index < -0.39 is 11.7 Å². The van der Waals surface area contributed by atoms with Gasteiger partial charge in [-0.15, -0.1) is 0 Å². The minimum Gasteiger partial charge on any atom is -0.383 e. The molecule has 216 valence electrons. The van der Waals surface area contributed by atoms with Crippen LogP contribution in [-0.4, -0.2) is 52.9 Å². The van der Waals surface area contributed by atoms with Crippen molar-refractivity contribution in [2.24, 2.45) is 0 Å². The number of aromatic nitrogens is 3. The van der Waals surface area contributed by atoms with Crippen molar-refractivity contribution < 1.29 is 27.1 Å². The second kappa shape index (κ2) is 11.9. The largest absolute Gasteiger partial charge is 0.416 e. The first-order chi connectivity index (χ1) is 20.0. The van der Waals surface area contributed by atoms with E-state index in [2.05, 4.69) is 5.10 Å². The average molecular weight is 595 g/mol. The van der Waals surface area contributed by atoms with Crippen LogP contribution in [0.1, 0.15) is 21.6 Å². The molecule has 0 aliphatic rings. The molecule has 0 saturated heterocycles. The standard InChI is InChI=1S/C31H26F4N4O2S/c1-19-26(23-5-4-6-25(32)17-23)18-39(37-19)30-36-27(20-11-13-24(14-12-20)31(33,34)35)28(42-30)21-7-9-22(10-8-21)29(40)38(2)15-16-41-3/h4-14,17-18H,15-16H2,1-3H3. The topological polar surface area (TPSA) is 60.2 Å². The Morgan fingerprint density at radius 2 is 1.69 bits per heavy atom. The number of likely N-dealkylation sites (N-methyl/N-ethyl adjacent to an activating group) is 1. The van der Waals surface area contributed by atoms with E-state index in [1.165, 1.54) is 35.6 Å². The Kier molecular flexibility index (Phi) is 8.24. The highest BCUT2D eigenvalue weighted by Crippen LogP contribution is 2.40. The number of rotatable bonds is 8. The van der Waals surface area contributed by atoms with Crippen LogP contribution in [0.3, 0.4) is 0 Å². The molecule has 2 heterocycles. The van der Waals surface area contributed by atoms with E-state index in [1.54, 1.807) is 73.3 Å². The van der Waals surface area contributed by atoms with Gasteiger partial charge < -0.3 is 9.64 Å². The summed E-state index contributed by atoms with van der Waals surface area (Å²) in [5.41, 5.74) is 3.48. The first kappa shape index (κ1) is 29.2. The van der Waals surface area contributed by atoms with Gasteiger partial charge >= 0.3 is 6.18 Å². The van der Waals surface area contributed by atoms with Crippen molar-refractivity contribution in [1.82, 2.24) is 19.7 Å². The maximum absolute atomic E-state index is 13.9. The third-order valence-electron chi connectivity index (χ3n) is 6.70. The summed E-state index contributed by atoms with van der Waals surface area (Å²) in [6.07, 6.45) is -2.71. The Labute approximate surface area is 243 Å². The number of benzene rings is 3. The molecule has 2 aromatic heterocycles. The number of carbonyl (C=O) groups excluding carboxylic acids is 1. The molecule has 0 aliphatic heterocycles. The SMILES string of the molecule is COCCN(C)C(=O)c1ccc(-c2sc(-n3cc(-c4cccc(F)c4)c(C)n3)nc2-c2ccc(C(F)(F)F)cc2)cc1. The van der Waals surface area contributed by atoms with Gasteiger partial charge in [0.25, 0.3) is 5.91 Å². The van der Waals surface area contributed by atoms with Crippen LogP contribution in [0.15, 0.2) is 79.0 Å². The normalized spacial score (nSPS) is 11.6. The van der Waals surface area contributed by atoms with E-state index in [4.69, 9.17) is 9.72 Å². The molecule has 0 N–H and O–H groups in total. The summed E-state index contributed by atoms with van der Waals surface area (Å²) < 4.78 is 60.2. The quantitative estimate of drug-likeness (QED) is 0.175. The van der Waals surface area contributed by atoms with Crippen LogP contribution >= 0.6 is 11.3 Å². The smallest absolute Gasteiger partial charge is 0.383 e. The molecule has 42 heavy (non-hydrogen) atoms. The molecule has 0 bridgehead atoms. The van der Waals surface area contributed by atoms with E-state index in [0.717, 1.165) is 23.3 Å². The van der Waals surface area contributed by atoms with Crippen molar-refractivity contribution in [3.63, 3.8) is 0 Å². The third-order valence-corrected chi connectivity index (χ3v) is 7.80. The Bertz CT molecular complexity index is 1710. The van der Waals surface area contributed by atoms with Gasteiger partial charge in [-0.3, -0.25) is 4.79 Å². The highest BCUT2D eigenvalue weighted by atomic mass is 32.1. The summed E-state index contributed by atoms with van der Waals surface area (Å²) in [6.45, 7) is 2.66. The number of methoxy groups -OCH3 is 1. The lowest BCUT2D eigenvalue weighted by Gasteiger charge is -2.16. The molecule has 11 heteroatoms. The van der Waals surface area contributed by atoms with E-state index >= 15 is 0 Å². The third kappa shape index (κ3) is 6.12. The van der Waals surface area contributed by atoms with Gasteiger partial charge in [0.2, 0.25) is 5.13 Å².